The highest BCUT2D eigenvalue weighted by Crippen LogP contribution is 2.29. The van der Waals surface area contributed by atoms with Crippen molar-refractivity contribution in [2.45, 2.75) is 20.8 Å². The van der Waals surface area contributed by atoms with Gasteiger partial charge in [0, 0.05) is 18.0 Å². The van der Waals surface area contributed by atoms with Gasteiger partial charge in [-0.3, -0.25) is 9.38 Å². The summed E-state index contributed by atoms with van der Waals surface area (Å²) in [6.07, 6.45) is 3.32. The Kier molecular flexibility index (Phi) is 3.06. The van der Waals surface area contributed by atoms with E-state index in [1.54, 1.807) is 12.4 Å². The number of hydrogen-bond acceptors (Lipinski definition) is 4. The second-order valence-electron chi connectivity index (χ2n) is 5.68. The number of hydrogen-bond donors (Lipinski definition) is 0. The lowest BCUT2D eigenvalue weighted by molar-refractivity contribution is 1.11. The van der Waals surface area contributed by atoms with E-state index >= 15 is 0 Å². The Morgan fingerprint density at radius 1 is 1.09 bits per heavy atom. The summed E-state index contributed by atoms with van der Waals surface area (Å²) in [6, 6.07) is 6.08. The first-order chi connectivity index (χ1) is 11.1. The minimum Gasteiger partial charge on any atom is -0.272 e. The van der Waals surface area contributed by atoms with Gasteiger partial charge < -0.3 is 0 Å². The number of aryl methyl sites for hydroxylation is 3. The molecule has 0 aliphatic heterocycles. The molecule has 23 heavy (non-hydrogen) atoms. The first-order valence-electron chi connectivity index (χ1n) is 7.29. The van der Waals surface area contributed by atoms with Crippen molar-refractivity contribution in [3.63, 3.8) is 0 Å². The normalized spacial score (nSPS) is 11.5. The van der Waals surface area contributed by atoms with E-state index in [9.17, 15) is 0 Å². The molecular formula is C17H14ClN5. The third-order valence-corrected chi connectivity index (χ3v) is 4.25. The molecule has 5 nitrogen and oxygen atoms in total. The van der Waals surface area contributed by atoms with E-state index in [2.05, 4.69) is 41.2 Å². The van der Waals surface area contributed by atoms with Gasteiger partial charge in [-0.2, -0.15) is 0 Å². The monoisotopic (exact) mass is 323 g/mol. The van der Waals surface area contributed by atoms with Gasteiger partial charge in [0.25, 0.3) is 0 Å². The average Bonchev–Trinajstić information content (AvgIpc) is 2.95. The van der Waals surface area contributed by atoms with Crippen LogP contribution in [0.2, 0.25) is 5.02 Å². The molecule has 0 fully saturated rings. The molecule has 6 heteroatoms. The fourth-order valence-corrected chi connectivity index (χ4v) is 3.15. The maximum atomic E-state index is 6.31. The van der Waals surface area contributed by atoms with E-state index in [1.165, 1.54) is 5.56 Å². The Morgan fingerprint density at radius 3 is 2.70 bits per heavy atom. The molecule has 0 spiro atoms. The molecule has 1 aromatic carbocycles. The van der Waals surface area contributed by atoms with Crippen LogP contribution in [-0.4, -0.2) is 24.6 Å². The van der Waals surface area contributed by atoms with Crippen molar-refractivity contribution in [1.82, 2.24) is 24.6 Å². The fourth-order valence-electron chi connectivity index (χ4n) is 2.95. The van der Waals surface area contributed by atoms with Gasteiger partial charge in [0.1, 0.15) is 0 Å². The topological polar surface area (TPSA) is 56.0 Å². The van der Waals surface area contributed by atoms with E-state index in [4.69, 9.17) is 16.6 Å². The van der Waals surface area contributed by atoms with Crippen LogP contribution >= 0.6 is 11.6 Å². The molecule has 0 N–H and O–H groups in total. The van der Waals surface area contributed by atoms with E-state index in [0.717, 1.165) is 33.5 Å². The third-order valence-electron chi connectivity index (χ3n) is 3.95. The SMILES string of the molecule is Cc1cc(C)c2nc(C)c3nnc(-c4ccncc4Cl)n3c2c1. The predicted octanol–water partition coefficient (Wildman–Crippen LogP) is 3.92. The lowest BCUT2D eigenvalue weighted by Crippen LogP contribution is -2.00. The molecule has 0 aliphatic rings. The molecule has 0 radical (unpaired) electrons. The zero-order valence-electron chi connectivity index (χ0n) is 13.0. The number of pyridine rings is 1. The van der Waals surface area contributed by atoms with Crippen molar-refractivity contribution >= 4 is 28.3 Å². The minimum atomic E-state index is 0.550. The number of aromatic nitrogens is 5. The van der Waals surface area contributed by atoms with Crippen LogP contribution in [0.1, 0.15) is 16.8 Å². The molecule has 0 atom stereocenters. The Hall–Kier alpha value is -2.53. The van der Waals surface area contributed by atoms with Crippen LogP contribution in [-0.2, 0) is 0 Å². The Bertz CT molecular complexity index is 1070. The van der Waals surface area contributed by atoms with Crippen LogP contribution in [0.3, 0.4) is 0 Å². The quantitative estimate of drug-likeness (QED) is 0.533. The van der Waals surface area contributed by atoms with Crippen molar-refractivity contribution in [3.05, 3.63) is 52.4 Å². The minimum absolute atomic E-state index is 0.550. The summed E-state index contributed by atoms with van der Waals surface area (Å²) >= 11 is 6.31. The van der Waals surface area contributed by atoms with Crippen molar-refractivity contribution in [2.75, 3.05) is 0 Å². The summed E-state index contributed by atoms with van der Waals surface area (Å²) < 4.78 is 2.03. The van der Waals surface area contributed by atoms with Crippen LogP contribution < -0.4 is 0 Å². The standard InChI is InChI=1S/C17H14ClN5/c1-9-6-10(2)15-14(7-9)23-16(11(3)20-15)21-22-17(23)12-4-5-19-8-13(12)18/h4-8H,1-3H3. The third kappa shape index (κ3) is 2.08. The second-order valence-corrected chi connectivity index (χ2v) is 6.09. The Morgan fingerprint density at radius 2 is 1.91 bits per heavy atom. The van der Waals surface area contributed by atoms with Crippen LogP contribution in [0.25, 0.3) is 28.1 Å². The summed E-state index contributed by atoms with van der Waals surface area (Å²) in [4.78, 5) is 8.75. The number of rotatable bonds is 1. The van der Waals surface area contributed by atoms with Crippen LogP contribution in [0.4, 0.5) is 0 Å². The van der Waals surface area contributed by atoms with E-state index in [-0.39, 0.29) is 0 Å². The number of halogens is 1. The van der Waals surface area contributed by atoms with Crippen LogP contribution in [0.15, 0.2) is 30.6 Å². The van der Waals surface area contributed by atoms with Gasteiger partial charge in [0.2, 0.25) is 0 Å². The molecule has 4 aromatic rings. The lowest BCUT2D eigenvalue weighted by Gasteiger charge is -2.10. The van der Waals surface area contributed by atoms with Crippen molar-refractivity contribution in [2.24, 2.45) is 0 Å². The summed E-state index contributed by atoms with van der Waals surface area (Å²) in [6.45, 7) is 6.08. The van der Waals surface area contributed by atoms with Gasteiger partial charge in [0.15, 0.2) is 11.5 Å². The molecule has 4 rings (SSSR count). The Labute approximate surface area is 138 Å². The van der Waals surface area contributed by atoms with E-state index < -0.39 is 0 Å². The van der Waals surface area contributed by atoms with Gasteiger partial charge in [-0.05, 0) is 44.0 Å². The molecular weight excluding hydrogens is 310 g/mol. The second kappa shape index (κ2) is 4.99. The van der Waals surface area contributed by atoms with Crippen molar-refractivity contribution < 1.29 is 0 Å². The summed E-state index contributed by atoms with van der Waals surface area (Å²) in [5, 5.41) is 9.22. The molecule has 3 heterocycles. The maximum absolute atomic E-state index is 6.31. The van der Waals surface area contributed by atoms with E-state index in [0.29, 0.717) is 10.8 Å². The highest BCUT2D eigenvalue weighted by atomic mass is 35.5. The first kappa shape index (κ1) is 14.1. The molecule has 0 saturated heterocycles. The van der Waals surface area contributed by atoms with Crippen LogP contribution in [0.5, 0.6) is 0 Å². The maximum Gasteiger partial charge on any atom is 0.183 e. The van der Waals surface area contributed by atoms with Gasteiger partial charge in [0.05, 0.1) is 21.7 Å². The lowest BCUT2D eigenvalue weighted by atomic mass is 10.1. The number of nitrogens with zero attached hydrogens (tertiary/aromatic N) is 5. The van der Waals surface area contributed by atoms with Gasteiger partial charge in [-0.25, -0.2) is 4.98 Å². The van der Waals surface area contributed by atoms with Gasteiger partial charge in [-0.15, -0.1) is 10.2 Å². The molecule has 114 valence electrons. The van der Waals surface area contributed by atoms with Crippen molar-refractivity contribution in [3.8, 4) is 11.4 Å². The number of benzene rings is 1. The molecule has 0 saturated carbocycles. The predicted molar refractivity (Wildman–Crippen MR) is 90.7 cm³/mol. The van der Waals surface area contributed by atoms with Gasteiger partial charge >= 0.3 is 0 Å². The van der Waals surface area contributed by atoms with Crippen LogP contribution in [0, 0.1) is 20.8 Å². The number of fused-ring (bicyclic) bond motifs is 3. The smallest absolute Gasteiger partial charge is 0.183 e. The largest absolute Gasteiger partial charge is 0.272 e. The fraction of sp³-hybridized carbons (Fsp3) is 0.176. The zero-order valence-corrected chi connectivity index (χ0v) is 13.8. The summed E-state index contributed by atoms with van der Waals surface area (Å²) in [7, 11) is 0. The molecule has 3 aromatic heterocycles. The van der Waals surface area contributed by atoms with E-state index in [1.807, 2.05) is 17.4 Å². The molecule has 0 bridgehead atoms. The average molecular weight is 324 g/mol. The summed E-state index contributed by atoms with van der Waals surface area (Å²) in [5.74, 6) is 0.702. The van der Waals surface area contributed by atoms with Gasteiger partial charge in [-0.1, -0.05) is 17.7 Å². The zero-order chi connectivity index (χ0) is 16.1. The highest BCUT2D eigenvalue weighted by molar-refractivity contribution is 6.33. The molecule has 0 aliphatic carbocycles. The highest BCUT2D eigenvalue weighted by Gasteiger charge is 2.17. The Balaban J connectivity index is 2.22. The first-order valence-corrected chi connectivity index (χ1v) is 7.66. The van der Waals surface area contributed by atoms with Crippen molar-refractivity contribution in [1.29, 1.82) is 0 Å². The molecule has 0 unspecified atom stereocenters. The summed E-state index contributed by atoms with van der Waals surface area (Å²) in [5.41, 5.74) is 6.62. The molecule has 0 amide bonds.